The molecule has 0 radical (unpaired) electrons. The lowest BCUT2D eigenvalue weighted by atomic mass is 10.00. The van der Waals surface area contributed by atoms with E-state index in [0.29, 0.717) is 11.4 Å². The van der Waals surface area contributed by atoms with Crippen molar-refractivity contribution in [1.29, 1.82) is 0 Å². The van der Waals surface area contributed by atoms with Gasteiger partial charge < -0.3 is 9.64 Å². The van der Waals surface area contributed by atoms with Gasteiger partial charge in [0.15, 0.2) is 5.82 Å². The molecule has 3 heterocycles. The number of pyridine rings is 1. The maximum Gasteiger partial charge on any atom is 0.254 e. The molecule has 144 valence electrons. The molecule has 4 rings (SSSR count). The van der Waals surface area contributed by atoms with E-state index < -0.39 is 0 Å². The van der Waals surface area contributed by atoms with Crippen molar-refractivity contribution < 1.29 is 9.53 Å². The molecule has 1 aliphatic rings. The van der Waals surface area contributed by atoms with E-state index in [1.807, 2.05) is 17.0 Å². The van der Waals surface area contributed by atoms with Crippen molar-refractivity contribution in [3.63, 3.8) is 0 Å². The van der Waals surface area contributed by atoms with Gasteiger partial charge in [-0.1, -0.05) is 25.0 Å². The lowest BCUT2D eigenvalue weighted by molar-refractivity contribution is 0.0680. The minimum Gasteiger partial charge on any atom is -0.497 e. The van der Waals surface area contributed by atoms with Gasteiger partial charge in [0.05, 0.1) is 13.2 Å². The Morgan fingerprint density at radius 1 is 1.14 bits per heavy atom. The first-order valence-electron chi connectivity index (χ1n) is 9.52. The van der Waals surface area contributed by atoms with E-state index in [1.54, 1.807) is 36.4 Å². The Kier molecular flexibility index (Phi) is 5.32. The minimum atomic E-state index is 0.0199. The summed E-state index contributed by atoms with van der Waals surface area (Å²) in [5.41, 5.74) is 1.75. The Labute approximate surface area is 164 Å². The number of carbonyl (C=O) groups excluding carboxylic acids is 1. The van der Waals surface area contributed by atoms with Crippen LogP contribution in [0.5, 0.6) is 5.75 Å². The number of ether oxygens (including phenoxy) is 1. The number of benzene rings is 1. The van der Waals surface area contributed by atoms with Gasteiger partial charge in [-0.3, -0.25) is 4.79 Å². The monoisotopic (exact) mass is 377 g/mol. The topological polar surface area (TPSA) is 73.1 Å². The summed E-state index contributed by atoms with van der Waals surface area (Å²) >= 11 is 0. The molecule has 3 aromatic rings. The number of nitrogens with zero attached hydrogens (tertiary/aromatic N) is 5. The van der Waals surface area contributed by atoms with Crippen molar-refractivity contribution in [1.82, 2.24) is 24.6 Å². The zero-order valence-corrected chi connectivity index (χ0v) is 15.9. The number of aromatic nitrogens is 4. The third kappa shape index (κ3) is 3.74. The first-order valence-corrected chi connectivity index (χ1v) is 9.52. The molecule has 7 nitrogen and oxygen atoms in total. The predicted molar refractivity (Wildman–Crippen MR) is 104 cm³/mol. The molecule has 0 unspecified atom stereocenters. The van der Waals surface area contributed by atoms with E-state index in [0.717, 1.165) is 43.5 Å². The number of likely N-dealkylation sites (tertiary alicyclic amines) is 1. The number of methoxy groups -OCH3 is 1. The van der Waals surface area contributed by atoms with Gasteiger partial charge in [-0.05, 0) is 42.7 Å². The lowest BCUT2D eigenvalue weighted by Crippen LogP contribution is -2.35. The summed E-state index contributed by atoms with van der Waals surface area (Å²) in [5.74, 6) is 1.42. The fraction of sp³-hybridized carbons (Fsp3) is 0.333. The predicted octanol–water partition coefficient (Wildman–Crippen LogP) is 3.43. The lowest BCUT2D eigenvalue weighted by Gasteiger charge is -2.30. The summed E-state index contributed by atoms with van der Waals surface area (Å²) in [6.45, 7) is 0.747. The van der Waals surface area contributed by atoms with Crippen LogP contribution in [0.2, 0.25) is 0 Å². The molecule has 2 aromatic heterocycles. The van der Waals surface area contributed by atoms with Crippen LogP contribution in [0.1, 0.15) is 47.6 Å². The Hall–Kier alpha value is -3.22. The molecule has 1 atom stereocenters. The first-order chi connectivity index (χ1) is 13.8. The van der Waals surface area contributed by atoms with Crippen LogP contribution in [0.4, 0.5) is 0 Å². The van der Waals surface area contributed by atoms with Crippen LogP contribution in [-0.4, -0.2) is 44.2 Å². The number of hydrogen-bond donors (Lipinski definition) is 0. The number of hydrogen-bond acceptors (Lipinski definition) is 5. The highest BCUT2D eigenvalue weighted by molar-refractivity contribution is 5.94. The average Bonchev–Trinajstić information content (AvgIpc) is 3.18. The van der Waals surface area contributed by atoms with Crippen molar-refractivity contribution >= 4 is 5.91 Å². The van der Waals surface area contributed by atoms with E-state index >= 15 is 0 Å². The summed E-state index contributed by atoms with van der Waals surface area (Å²) < 4.78 is 6.83. The molecular formula is C21H23N5O2. The van der Waals surface area contributed by atoms with Gasteiger partial charge in [0.1, 0.15) is 18.4 Å². The molecule has 1 aromatic carbocycles. The highest BCUT2D eigenvalue weighted by Gasteiger charge is 2.28. The van der Waals surface area contributed by atoms with Crippen LogP contribution < -0.4 is 4.74 Å². The first kappa shape index (κ1) is 18.2. The second-order valence-electron chi connectivity index (χ2n) is 6.88. The second kappa shape index (κ2) is 8.21. The number of amides is 1. The molecule has 1 aliphatic heterocycles. The van der Waals surface area contributed by atoms with Gasteiger partial charge in [0.25, 0.3) is 5.91 Å². The van der Waals surface area contributed by atoms with Crippen LogP contribution in [-0.2, 0) is 0 Å². The maximum absolute atomic E-state index is 13.4. The van der Waals surface area contributed by atoms with Crippen molar-refractivity contribution in [2.45, 2.75) is 31.7 Å². The van der Waals surface area contributed by atoms with E-state index in [1.165, 1.54) is 6.33 Å². The quantitative estimate of drug-likeness (QED) is 0.696. The van der Waals surface area contributed by atoms with Gasteiger partial charge in [0.2, 0.25) is 0 Å². The van der Waals surface area contributed by atoms with Gasteiger partial charge in [-0.2, -0.15) is 5.10 Å². The summed E-state index contributed by atoms with van der Waals surface area (Å²) in [4.78, 5) is 23.7. The van der Waals surface area contributed by atoms with E-state index in [4.69, 9.17) is 4.74 Å². The molecule has 0 saturated carbocycles. The van der Waals surface area contributed by atoms with Gasteiger partial charge in [-0.15, -0.1) is 0 Å². The van der Waals surface area contributed by atoms with Gasteiger partial charge in [-0.25, -0.2) is 14.6 Å². The maximum atomic E-state index is 13.4. The van der Waals surface area contributed by atoms with Crippen molar-refractivity contribution in [2.24, 2.45) is 0 Å². The summed E-state index contributed by atoms with van der Waals surface area (Å²) in [7, 11) is 1.66. The smallest absolute Gasteiger partial charge is 0.254 e. The number of carbonyl (C=O) groups is 1. The SMILES string of the molecule is COc1ccc([C@@H]2CCCCCN2C(=O)c2ccnc(-n3cncn3)c2)cc1. The molecule has 1 amide bonds. The Balaban J connectivity index is 1.64. The van der Waals surface area contributed by atoms with E-state index in [-0.39, 0.29) is 11.9 Å². The normalized spacial score (nSPS) is 17.2. The molecule has 7 heteroatoms. The molecule has 1 fully saturated rings. The van der Waals surface area contributed by atoms with Crippen LogP contribution >= 0.6 is 0 Å². The molecule has 1 saturated heterocycles. The van der Waals surface area contributed by atoms with Gasteiger partial charge >= 0.3 is 0 Å². The van der Waals surface area contributed by atoms with Crippen LogP contribution in [0.25, 0.3) is 5.82 Å². The fourth-order valence-corrected chi connectivity index (χ4v) is 3.69. The van der Waals surface area contributed by atoms with E-state index in [2.05, 4.69) is 27.2 Å². The Bertz CT molecular complexity index is 924. The standard InChI is InChI=1S/C21H23N5O2/c1-28-18-8-6-16(7-9-18)19-5-3-2-4-12-25(19)21(27)17-10-11-23-20(13-17)26-15-22-14-24-26/h6-11,13-15,19H,2-5,12H2,1H3/t19-/m0/s1. The highest BCUT2D eigenvalue weighted by atomic mass is 16.5. The third-order valence-electron chi connectivity index (χ3n) is 5.16. The van der Waals surface area contributed by atoms with Crippen molar-refractivity contribution in [3.8, 4) is 11.6 Å². The summed E-state index contributed by atoms with van der Waals surface area (Å²) in [5, 5.41) is 4.10. The third-order valence-corrected chi connectivity index (χ3v) is 5.16. The van der Waals surface area contributed by atoms with Crippen molar-refractivity contribution in [2.75, 3.05) is 13.7 Å². The largest absolute Gasteiger partial charge is 0.497 e. The molecule has 28 heavy (non-hydrogen) atoms. The molecule has 0 bridgehead atoms. The Morgan fingerprint density at radius 3 is 2.75 bits per heavy atom. The number of rotatable bonds is 4. The van der Waals surface area contributed by atoms with Gasteiger partial charge in [0, 0.05) is 18.3 Å². The molecule has 0 N–H and O–H groups in total. The minimum absolute atomic E-state index is 0.0199. The van der Waals surface area contributed by atoms with Crippen LogP contribution in [0, 0.1) is 0 Å². The van der Waals surface area contributed by atoms with E-state index in [9.17, 15) is 4.79 Å². The highest BCUT2D eigenvalue weighted by Crippen LogP contribution is 2.32. The Morgan fingerprint density at radius 2 is 2.00 bits per heavy atom. The van der Waals surface area contributed by atoms with Crippen LogP contribution in [0.15, 0.2) is 55.2 Å². The molecule has 0 spiro atoms. The molecular weight excluding hydrogens is 354 g/mol. The molecule has 0 aliphatic carbocycles. The average molecular weight is 377 g/mol. The fourth-order valence-electron chi connectivity index (χ4n) is 3.69. The van der Waals surface area contributed by atoms with Crippen molar-refractivity contribution in [3.05, 3.63) is 66.4 Å². The zero-order chi connectivity index (χ0) is 19.3. The summed E-state index contributed by atoms with van der Waals surface area (Å²) in [6.07, 6.45) is 8.88. The summed E-state index contributed by atoms with van der Waals surface area (Å²) in [6, 6.07) is 11.6. The zero-order valence-electron chi connectivity index (χ0n) is 15.9. The second-order valence-corrected chi connectivity index (χ2v) is 6.88. The van der Waals surface area contributed by atoms with Crippen LogP contribution in [0.3, 0.4) is 0 Å².